The van der Waals surface area contributed by atoms with Gasteiger partial charge in [0.2, 0.25) is 5.91 Å². The van der Waals surface area contributed by atoms with Crippen LogP contribution >= 0.6 is 0 Å². The Bertz CT molecular complexity index is 1090. The molecule has 0 radical (unpaired) electrons. The second-order valence-electron chi connectivity index (χ2n) is 6.81. The average Bonchev–Trinajstić information content (AvgIpc) is 2.82. The van der Waals surface area contributed by atoms with Crippen molar-refractivity contribution in [3.63, 3.8) is 0 Å². The molecule has 0 saturated heterocycles. The second kappa shape index (κ2) is 11.4. The molecular weight excluding hydrogens is 406 g/mol. The topological polar surface area (TPSA) is 73.9 Å². The lowest BCUT2D eigenvalue weighted by atomic mass is 10.1. The van der Waals surface area contributed by atoms with Crippen molar-refractivity contribution in [3.05, 3.63) is 95.6 Å². The molecule has 0 atom stereocenters. The summed E-state index contributed by atoms with van der Waals surface area (Å²) in [4.78, 5) is 24.1. The number of ether oxygens (including phenoxy) is 3. The molecule has 0 aliphatic rings. The van der Waals surface area contributed by atoms with E-state index in [0.29, 0.717) is 29.4 Å². The number of benzene rings is 3. The van der Waals surface area contributed by atoms with Gasteiger partial charge in [-0.15, -0.1) is 0 Å². The summed E-state index contributed by atoms with van der Waals surface area (Å²) in [6.07, 6.45) is 3.09. The molecular formula is C26H25NO5. The van der Waals surface area contributed by atoms with Crippen molar-refractivity contribution in [2.75, 3.05) is 19.0 Å². The summed E-state index contributed by atoms with van der Waals surface area (Å²) in [7, 11) is 1.57. The Hall–Kier alpha value is -4.06. The lowest BCUT2D eigenvalue weighted by molar-refractivity contribution is -0.111. The Morgan fingerprint density at radius 2 is 1.75 bits per heavy atom. The highest BCUT2D eigenvalue weighted by Gasteiger charge is 2.08. The minimum atomic E-state index is -0.430. The summed E-state index contributed by atoms with van der Waals surface area (Å²) < 4.78 is 16.3. The molecule has 0 saturated carbocycles. The lowest BCUT2D eigenvalue weighted by Crippen LogP contribution is -2.09. The number of methoxy groups -OCH3 is 1. The van der Waals surface area contributed by atoms with Crippen molar-refractivity contribution in [1.82, 2.24) is 0 Å². The van der Waals surface area contributed by atoms with Gasteiger partial charge in [0.15, 0.2) is 11.5 Å². The minimum Gasteiger partial charge on any atom is -0.493 e. The quantitative estimate of drug-likeness (QED) is 0.377. The molecule has 0 spiro atoms. The monoisotopic (exact) mass is 431 g/mol. The molecule has 0 aromatic heterocycles. The van der Waals surface area contributed by atoms with Crippen molar-refractivity contribution >= 4 is 23.6 Å². The highest BCUT2D eigenvalue weighted by atomic mass is 16.5. The van der Waals surface area contributed by atoms with Gasteiger partial charge in [0, 0.05) is 11.8 Å². The third kappa shape index (κ3) is 6.47. The van der Waals surface area contributed by atoms with Gasteiger partial charge < -0.3 is 19.5 Å². The molecule has 1 amide bonds. The van der Waals surface area contributed by atoms with Gasteiger partial charge >= 0.3 is 5.97 Å². The maximum absolute atomic E-state index is 12.3. The van der Waals surface area contributed by atoms with Gasteiger partial charge in [-0.1, -0.05) is 42.5 Å². The molecule has 6 nitrogen and oxygen atoms in total. The summed E-state index contributed by atoms with van der Waals surface area (Å²) in [5.41, 5.74) is 2.73. The summed E-state index contributed by atoms with van der Waals surface area (Å²) >= 11 is 0. The van der Waals surface area contributed by atoms with Crippen LogP contribution in [0.3, 0.4) is 0 Å². The summed E-state index contributed by atoms with van der Waals surface area (Å²) in [5.74, 6) is 0.439. The number of anilines is 1. The molecule has 0 bridgehead atoms. The van der Waals surface area contributed by atoms with Crippen LogP contribution in [-0.2, 0) is 16.1 Å². The minimum absolute atomic E-state index is 0.289. The SMILES string of the molecule is CCOC(=O)c1cccc(NC(=O)C=Cc2ccc(OCc3ccccc3)c(OC)c2)c1. The number of carbonyl (C=O) groups excluding carboxylic acids is 2. The highest BCUT2D eigenvalue weighted by molar-refractivity contribution is 6.02. The lowest BCUT2D eigenvalue weighted by Gasteiger charge is -2.11. The van der Waals surface area contributed by atoms with Crippen LogP contribution in [0.4, 0.5) is 5.69 Å². The van der Waals surface area contributed by atoms with Crippen LogP contribution in [0, 0.1) is 0 Å². The number of esters is 1. The van der Waals surface area contributed by atoms with Gasteiger partial charge in [0.25, 0.3) is 0 Å². The molecule has 3 aromatic carbocycles. The maximum Gasteiger partial charge on any atom is 0.338 e. The number of nitrogens with one attached hydrogen (secondary N) is 1. The highest BCUT2D eigenvalue weighted by Crippen LogP contribution is 2.29. The van der Waals surface area contributed by atoms with E-state index >= 15 is 0 Å². The molecule has 0 fully saturated rings. The first kappa shape index (κ1) is 22.6. The molecule has 0 unspecified atom stereocenters. The smallest absolute Gasteiger partial charge is 0.338 e. The van der Waals surface area contributed by atoms with Crippen LogP contribution in [0.2, 0.25) is 0 Å². The normalized spacial score (nSPS) is 10.6. The Kier molecular flexibility index (Phi) is 8.03. The zero-order chi connectivity index (χ0) is 22.8. The van der Waals surface area contributed by atoms with E-state index in [9.17, 15) is 9.59 Å². The van der Waals surface area contributed by atoms with Gasteiger partial charge in [0.05, 0.1) is 19.3 Å². The predicted octanol–water partition coefficient (Wildman–Crippen LogP) is 5.10. The van der Waals surface area contributed by atoms with Gasteiger partial charge in [-0.2, -0.15) is 0 Å². The molecule has 6 heteroatoms. The third-order valence-corrected chi connectivity index (χ3v) is 4.49. The van der Waals surface area contributed by atoms with Crippen molar-refractivity contribution in [3.8, 4) is 11.5 Å². The molecule has 3 aromatic rings. The van der Waals surface area contributed by atoms with E-state index in [1.165, 1.54) is 6.08 Å². The molecule has 164 valence electrons. The van der Waals surface area contributed by atoms with E-state index in [-0.39, 0.29) is 12.5 Å². The van der Waals surface area contributed by atoms with Crippen LogP contribution in [0.15, 0.2) is 78.9 Å². The Morgan fingerprint density at radius 3 is 2.50 bits per heavy atom. The van der Waals surface area contributed by atoms with Gasteiger partial charge in [-0.05, 0) is 54.5 Å². The number of hydrogen-bond donors (Lipinski definition) is 1. The largest absolute Gasteiger partial charge is 0.493 e. The van der Waals surface area contributed by atoms with E-state index in [1.54, 1.807) is 50.4 Å². The first-order chi connectivity index (χ1) is 15.6. The fourth-order valence-electron chi connectivity index (χ4n) is 2.94. The van der Waals surface area contributed by atoms with E-state index in [0.717, 1.165) is 11.1 Å². The molecule has 0 aliphatic heterocycles. The van der Waals surface area contributed by atoms with Crippen LogP contribution in [0.1, 0.15) is 28.4 Å². The van der Waals surface area contributed by atoms with E-state index in [4.69, 9.17) is 14.2 Å². The second-order valence-corrected chi connectivity index (χ2v) is 6.81. The maximum atomic E-state index is 12.3. The summed E-state index contributed by atoms with van der Waals surface area (Å²) in [6.45, 7) is 2.46. The third-order valence-electron chi connectivity index (χ3n) is 4.49. The number of rotatable bonds is 9. The molecule has 0 heterocycles. The van der Waals surface area contributed by atoms with Crippen molar-refractivity contribution in [2.24, 2.45) is 0 Å². The van der Waals surface area contributed by atoms with Crippen LogP contribution < -0.4 is 14.8 Å². The van der Waals surface area contributed by atoms with Crippen LogP contribution in [-0.4, -0.2) is 25.6 Å². The Morgan fingerprint density at radius 1 is 0.938 bits per heavy atom. The van der Waals surface area contributed by atoms with E-state index in [1.807, 2.05) is 42.5 Å². The first-order valence-electron chi connectivity index (χ1n) is 10.2. The van der Waals surface area contributed by atoms with Crippen molar-refractivity contribution in [2.45, 2.75) is 13.5 Å². The van der Waals surface area contributed by atoms with Gasteiger partial charge in [0.1, 0.15) is 6.61 Å². The summed E-state index contributed by atoms with van der Waals surface area (Å²) in [6, 6.07) is 21.9. The Balaban J connectivity index is 1.62. The Labute approximate surface area is 187 Å². The standard InChI is InChI=1S/C26H25NO5/c1-3-31-26(29)21-10-7-11-22(17-21)27-25(28)15-13-19-12-14-23(24(16-19)30-2)32-18-20-8-5-4-6-9-20/h4-17H,3,18H2,1-2H3,(H,27,28). The summed E-state index contributed by atoms with van der Waals surface area (Å²) in [5, 5.41) is 2.74. The van der Waals surface area contributed by atoms with E-state index < -0.39 is 5.97 Å². The predicted molar refractivity (Wildman–Crippen MR) is 124 cm³/mol. The van der Waals surface area contributed by atoms with E-state index in [2.05, 4.69) is 5.32 Å². The molecule has 1 N–H and O–H groups in total. The fraction of sp³-hybridized carbons (Fsp3) is 0.154. The first-order valence-corrected chi connectivity index (χ1v) is 10.2. The molecule has 0 aliphatic carbocycles. The molecule has 3 rings (SSSR count). The zero-order valence-corrected chi connectivity index (χ0v) is 18.0. The zero-order valence-electron chi connectivity index (χ0n) is 18.0. The number of carbonyl (C=O) groups is 2. The van der Waals surface area contributed by atoms with Crippen LogP contribution in [0.25, 0.3) is 6.08 Å². The number of hydrogen-bond acceptors (Lipinski definition) is 5. The molecule has 32 heavy (non-hydrogen) atoms. The number of amides is 1. The van der Waals surface area contributed by atoms with Crippen LogP contribution in [0.5, 0.6) is 11.5 Å². The van der Waals surface area contributed by atoms with Gasteiger partial charge in [-0.3, -0.25) is 4.79 Å². The average molecular weight is 431 g/mol. The fourth-order valence-corrected chi connectivity index (χ4v) is 2.94. The van der Waals surface area contributed by atoms with Crippen molar-refractivity contribution in [1.29, 1.82) is 0 Å². The van der Waals surface area contributed by atoms with Crippen molar-refractivity contribution < 1.29 is 23.8 Å². The van der Waals surface area contributed by atoms with Gasteiger partial charge in [-0.25, -0.2) is 4.79 Å².